The maximum atomic E-state index is 6.19. The van der Waals surface area contributed by atoms with Gasteiger partial charge in [0, 0.05) is 44.8 Å². The average molecular weight is 267 g/mol. The quantitative estimate of drug-likeness (QED) is 0.847. The van der Waals surface area contributed by atoms with E-state index in [0.717, 1.165) is 18.4 Å². The Balaban J connectivity index is 1.91. The SMILES string of the molecule is CC(C)CN1CCN(C2(CN)CCCC(C)C2)CC1. The molecule has 0 aromatic rings. The van der Waals surface area contributed by atoms with E-state index in [4.69, 9.17) is 5.73 Å². The molecule has 2 fully saturated rings. The van der Waals surface area contributed by atoms with Crippen LogP contribution in [0.15, 0.2) is 0 Å². The van der Waals surface area contributed by atoms with Crippen LogP contribution in [0.25, 0.3) is 0 Å². The van der Waals surface area contributed by atoms with Crippen molar-refractivity contribution in [1.82, 2.24) is 9.80 Å². The second-order valence-electron chi connectivity index (χ2n) is 7.31. The molecule has 3 nitrogen and oxygen atoms in total. The summed E-state index contributed by atoms with van der Waals surface area (Å²) in [5.41, 5.74) is 6.51. The fraction of sp³-hybridized carbons (Fsp3) is 1.00. The molecule has 1 saturated carbocycles. The van der Waals surface area contributed by atoms with E-state index in [1.165, 1.54) is 58.4 Å². The number of piperazine rings is 1. The Bertz CT molecular complexity index is 271. The molecule has 2 atom stereocenters. The van der Waals surface area contributed by atoms with E-state index in [9.17, 15) is 0 Å². The zero-order valence-electron chi connectivity index (χ0n) is 13.2. The van der Waals surface area contributed by atoms with Gasteiger partial charge in [0.1, 0.15) is 0 Å². The van der Waals surface area contributed by atoms with E-state index in [1.54, 1.807) is 0 Å². The molecule has 19 heavy (non-hydrogen) atoms. The first-order chi connectivity index (χ1) is 9.05. The number of hydrogen-bond donors (Lipinski definition) is 1. The Morgan fingerprint density at radius 1 is 1.21 bits per heavy atom. The molecular formula is C16H33N3. The maximum absolute atomic E-state index is 6.19. The van der Waals surface area contributed by atoms with Gasteiger partial charge in [-0.1, -0.05) is 33.6 Å². The Hall–Kier alpha value is -0.120. The van der Waals surface area contributed by atoms with Crippen molar-refractivity contribution in [2.45, 2.75) is 52.0 Å². The third kappa shape index (κ3) is 3.71. The minimum absolute atomic E-state index is 0.321. The van der Waals surface area contributed by atoms with E-state index >= 15 is 0 Å². The summed E-state index contributed by atoms with van der Waals surface area (Å²) < 4.78 is 0. The molecule has 112 valence electrons. The van der Waals surface area contributed by atoms with Crippen LogP contribution in [0.1, 0.15) is 46.5 Å². The van der Waals surface area contributed by atoms with Gasteiger partial charge < -0.3 is 10.6 Å². The van der Waals surface area contributed by atoms with Crippen molar-refractivity contribution >= 4 is 0 Å². The summed E-state index contributed by atoms with van der Waals surface area (Å²) in [5, 5.41) is 0. The highest BCUT2D eigenvalue weighted by Crippen LogP contribution is 2.36. The zero-order chi connectivity index (χ0) is 13.9. The van der Waals surface area contributed by atoms with Gasteiger partial charge in [0.05, 0.1) is 0 Å². The summed E-state index contributed by atoms with van der Waals surface area (Å²) in [6, 6.07) is 0. The minimum atomic E-state index is 0.321. The van der Waals surface area contributed by atoms with Crippen LogP contribution in [0.3, 0.4) is 0 Å². The lowest BCUT2D eigenvalue weighted by molar-refractivity contribution is -0.00101. The highest BCUT2D eigenvalue weighted by atomic mass is 15.3. The zero-order valence-corrected chi connectivity index (χ0v) is 13.2. The van der Waals surface area contributed by atoms with Crippen molar-refractivity contribution in [2.24, 2.45) is 17.6 Å². The first-order valence-electron chi connectivity index (χ1n) is 8.23. The van der Waals surface area contributed by atoms with Crippen molar-refractivity contribution in [3.05, 3.63) is 0 Å². The monoisotopic (exact) mass is 267 g/mol. The van der Waals surface area contributed by atoms with Crippen LogP contribution in [0.4, 0.5) is 0 Å². The van der Waals surface area contributed by atoms with Gasteiger partial charge >= 0.3 is 0 Å². The van der Waals surface area contributed by atoms with E-state index in [-0.39, 0.29) is 0 Å². The highest BCUT2D eigenvalue weighted by Gasteiger charge is 2.40. The predicted molar refractivity (Wildman–Crippen MR) is 82.3 cm³/mol. The normalized spacial score (nSPS) is 34.9. The molecule has 0 spiro atoms. The van der Waals surface area contributed by atoms with E-state index in [2.05, 4.69) is 30.6 Å². The fourth-order valence-electron chi connectivity index (χ4n) is 4.16. The molecular weight excluding hydrogens is 234 g/mol. The number of hydrogen-bond acceptors (Lipinski definition) is 3. The lowest BCUT2D eigenvalue weighted by atomic mass is 9.75. The van der Waals surface area contributed by atoms with Crippen LogP contribution < -0.4 is 5.73 Å². The molecule has 1 aliphatic carbocycles. The van der Waals surface area contributed by atoms with Crippen molar-refractivity contribution < 1.29 is 0 Å². The molecule has 1 heterocycles. The third-order valence-electron chi connectivity index (χ3n) is 5.11. The Morgan fingerprint density at radius 2 is 1.89 bits per heavy atom. The van der Waals surface area contributed by atoms with Gasteiger partial charge in [-0.05, 0) is 24.7 Å². The van der Waals surface area contributed by atoms with E-state index < -0.39 is 0 Å². The van der Waals surface area contributed by atoms with Gasteiger partial charge in [0.15, 0.2) is 0 Å². The summed E-state index contributed by atoms with van der Waals surface area (Å²) in [4.78, 5) is 5.34. The highest BCUT2D eigenvalue weighted by molar-refractivity contribution is 4.97. The summed E-state index contributed by atoms with van der Waals surface area (Å²) in [5.74, 6) is 1.63. The van der Waals surface area contributed by atoms with Crippen LogP contribution in [-0.2, 0) is 0 Å². The molecule has 0 aromatic carbocycles. The first-order valence-corrected chi connectivity index (χ1v) is 8.23. The summed E-state index contributed by atoms with van der Waals surface area (Å²) >= 11 is 0. The van der Waals surface area contributed by atoms with Gasteiger partial charge in [-0.25, -0.2) is 0 Å². The average Bonchev–Trinajstić information content (AvgIpc) is 2.38. The molecule has 0 radical (unpaired) electrons. The fourth-order valence-corrected chi connectivity index (χ4v) is 4.16. The Kier molecular flexibility index (Phi) is 5.27. The molecule has 2 unspecified atom stereocenters. The molecule has 0 amide bonds. The summed E-state index contributed by atoms with van der Waals surface area (Å²) in [6.45, 7) is 14.0. The van der Waals surface area contributed by atoms with Crippen LogP contribution >= 0.6 is 0 Å². The van der Waals surface area contributed by atoms with Gasteiger partial charge in [-0.2, -0.15) is 0 Å². The topological polar surface area (TPSA) is 32.5 Å². The third-order valence-corrected chi connectivity index (χ3v) is 5.11. The van der Waals surface area contributed by atoms with E-state index in [0.29, 0.717) is 5.54 Å². The van der Waals surface area contributed by atoms with Gasteiger partial charge in [0.2, 0.25) is 0 Å². The molecule has 0 aromatic heterocycles. The lowest BCUT2D eigenvalue weighted by Crippen LogP contribution is -2.61. The van der Waals surface area contributed by atoms with Crippen LogP contribution in [0.2, 0.25) is 0 Å². The molecule has 0 bridgehead atoms. The smallest absolute Gasteiger partial charge is 0.0335 e. The summed E-state index contributed by atoms with van der Waals surface area (Å²) in [7, 11) is 0. The molecule has 1 saturated heterocycles. The van der Waals surface area contributed by atoms with Crippen LogP contribution in [0.5, 0.6) is 0 Å². The van der Waals surface area contributed by atoms with Gasteiger partial charge in [-0.3, -0.25) is 4.90 Å². The number of rotatable bonds is 4. The molecule has 3 heteroatoms. The first kappa shape index (κ1) is 15.3. The molecule has 2 rings (SSSR count). The van der Waals surface area contributed by atoms with Gasteiger partial charge in [-0.15, -0.1) is 0 Å². The van der Waals surface area contributed by atoms with Crippen LogP contribution in [-0.4, -0.2) is 54.6 Å². The summed E-state index contributed by atoms with van der Waals surface area (Å²) in [6.07, 6.45) is 5.39. The second-order valence-corrected chi connectivity index (χ2v) is 7.31. The predicted octanol–water partition coefficient (Wildman–Crippen LogP) is 2.17. The number of nitrogens with zero attached hydrogens (tertiary/aromatic N) is 2. The molecule has 2 N–H and O–H groups in total. The minimum Gasteiger partial charge on any atom is -0.329 e. The standard InChI is InChI=1S/C16H33N3/c1-14(2)12-18-7-9-19(10-8-18)16(13-17)6-4-5-15(3)11-16/h14-15H,4-13,17H2,1-3H3. The second kappa shape index (κ2) is 6.55. The molecule has 1 aliphatic heterocycles. The van der Waals surface area contributed by atoms with Crippen LogP contribution in [0, 0.1) is 11.8 Å². The number of nitrogens with two attached hydrogens (primary N) is 1. The molecule has 2 aliphatic rings. The van der Waals surface area contributed by atoms with E-state index in [1.807, 2.05) is 0 Å². The Morgan fingerprint density at radius 3 is 2.42 bits per heavy atom. The van der Waals surface area contributed by atoms with Gasteiger partial charge in [0.25, 0.3) is 0 Å². The van der Waals surface area contributed by atoms with Crippen molar-refractivity contribution in [1.29, 1.82) is 0 Å². The largest absolute Gasteiger partial charge is 0.329 e. The van der Waals surface area contributed by atoms with Crippen molar-refractivity contribution in [3.63, 3.8) is 0 Å². The van der Waals surface area contributed by atoms with Crippen molar-refractivity contribution in [2.75, 3.05) is 39.3 Å². The maximum Gasteiger partial charge on any atom is 0.0335 e. The van der Waals surface area contributed by atoms with Crippen molar-refractivity contribution in [3.8, 4) is 0 Å². The lowest BCUT2D eigenvalue weighted by Gasteiger charge is -2.51. The Labute approximate surface area is 119 Å².